The fourth-order valence-electron chi connectivity index (χ4n) is 3.81. The Morgan fingerprint density at radius 1 is 1.09 bits per heavy atom. The lowest BCUT2D eigenvalue weighted by Crippen LogP contribution is -2.29. The summed E-state index contributed by atoms with van der Waals surface area (Å²) in [5, 5.41) is 11.7. The van der Waals surface area contributed by atoms with Crippen LogP contribution in [0, 0.1) is 0 Å². The minimum atomic E-state index is -0.765. The Kier molecular flexibility index (Phi) is 6.75. The molecule has 1 amide bonds. The second-order valence-corrected chi connectivity index (χ2v) is 8.15. The third kappa shape index (κ3) is 4.76. The molecule has 1 saturated heterocycles. The molecule has 0 aliphatic carbocycles. The van der Waals surface area contributed by atoms with Crippen molar-refractivity contribution < 1.29 is 19.4 Å². The van der Waals surface area contributed by atoms with E-state index in [1.54, 1.807) is 67.0 Å². The second kappa shape index (κ2) is 9.88. The van der Waals surface area contributed by atoms with Crippen LogP contribution in [0.2, 0.25) is 5.02 Å². The summed E-state index contributed by atoms with van der Waals surface area (Å²) in [4.78, 5) is 31.7. The molecule has 33 heavy (non-hydrogen) atoms. The number of carbonyl (C=O) groups is 2. The number of ketones is 1. The van der Waals surface area contributed by atoms with Gasteiger partial charge in [0.1, 0.15) is 11.5 Å². The zero-order valence-electron chi connectivity index (χ0n) is 18.1. The zero-order chi connectivity index (χ0) is 23.4. The molecular formula is C26H23ClN2O4. The van der Waals surface area contributed by atoms with Crippen molar-refractivity contribution in [1.82, 2.24) is 9.88 Å². The Hall–Kier alpha value is -3.64. The van der Waals surface area contributed by atoms with E-state index in [1.807, 2.05) is 13.0 Å². The summed E-state index contributed by atoms with van der Waals surface area (Å²) in [6.45, 7) is 2.77. The summed E-state index contributed by atoms with van der Waals surface area (Å²) in [5.41, 5.74) is 1.91. The molecule has 1 aliphatic heterocycles. The van der Waals surface area contributed by atoms with Crippen LogP contribution >= 0.6 is 11.6 Å². The van der Waals surface area contributed by atoms with E-state index in [0.717, 1.165) is 12.0 Å². The first-order valence-electron chi connectivity index (χ1n) is 10.7. The minimum Gasteiger partial charge on any atom is -0.507 e. The number of carbonyl (C=O) groups excluding carboxylic acids is 2. The number of halogens is 1. The molecule has 1 aliphatic rings. The number of pyridine rings is 1. The first-order chi connectivity index (χ1) is 16.0. The highest BCUT2D eigenvalue weighted by atomic mass is 35.5. The van der Waals surface area contributed by atoms with E-state index < -0.39 is 17.7 Å². The van der Waals surface area contributed by atoms with Crippen molar-refractivity contribution in [2.45, 2.75) is 25.9 Å². The molecule has 168 valence electrons. The van der Waals surface area contributed by atoms with Crippen LogP contribution in [0.4, 0.5) is 0 Å². The SMILES string of the molecule is CCCOc1ccc(C(O)=C2C(=O)C(=O)N(Cc3cccnc3)[C@@H]2c2ccc(Cl)cc2)cc1. The smallest absolute Gasteiger partial charge is 0.295 e. The first-order valence-corrected chi connectivity index (χ1v) is 11.0. The third-order valence-electron chi connectivity index (χ3n) is 5.40. The lowest BCUT2D eigenvalue weighted by molar-refractivity contribution is -0.140. The average molecular weight is 463 g/mol. The van der Waals surface area contributed by atoms with Gasteiger partial charge in [0.2, 0.25) is 0 Å². The maximum atomic E-state index is 13.1. The van der Waals surface area contributed by atoms with Crippen molar-refractivity contribution in [2.75, 3.05) is 6.61 Å². The van der Waals surface area contributed by atoms with Crippen LogP contribution in [0.25, 0.3) is 5.76 Å². The molecule has 3 aromatic rings. The van der Waals surface area contributed by atoms with Crippen molar-refractivity contribution >= 4 is 29.1 Å². The predicted octanol–water partition coefficient (Wildman–Crippen LogP) is 5.15. The molecule has 1 atom stereocenters. The Morgan fingerprint density at radius 2 is 1.82 bits per heavy atom. The Bertz CT molecular complexity index is 1180. The lowest BCUT2D eigenvalue weighted by Gasteiger charge is -2.25. The quantitative estimate of drug-likeness (QED) is 0.298. The number of amides is 1. The van der Waals surface area contributed by atoms with Gasteiger partial charge in [0.25, 0.3) is 11.7 Å². The number of rotatable bonds is 7. The summed E-state index contributed by atoms with van der Waals surface area (Å²) in [5.74, 6) is -0.977. The molecule has 0 saturated carbocycles. The fourth-order valence-corrected chi connectivity index (χ4v) is 3.93. The zero-order valence-corrected chi connectivity index (χ0v) is 18.8. The van der Waals surface area contributed by atoms with Gasteiger partial charge in [0, 0.05) is 29.5 Å². The summed E-state index contributed by atoms with van der Waals surface area (Å²) in [7, 11) is 0. The molecule has 1 aromatic heterocycles. The van der Waals surface area contributed by atoms with Gasteiger partial charge < -0.3 is 14.7 Å². The highest BCUT2D eigenvalue weighted by Crippen LogP contribution is 2.40. The number of benzene rings is 2. The van der Waals surface area contributed by atoms with E-state index in [4.69, 9.17) is 16.3 Å². The Labute approximate surface area is 197 Å². The molecule has 7 heteroatoms. The van der Waals surface area contributed by atoms with E-state index in [2.05, 4.69) is 4.98 Å². The van der Waals surface area contributed by atoms with Crippen LogP contribution in [0.3, 0.4) is 0 Å². The highest BCUT2D eigenvalue weighted by molar-refractivity contribution is 6.46. The van der Waals surface area contributed by atoms with Crippen LogP contribution in [0.15, 0.2) is 78.6 Å². The van der Waals surface area contributed by atoms with E-state index in [0.29, 0.717) is 28.5 Å². The molecule has 1 fully saturated rings. The van der Waals surface area contributed by atoms with Crippen LogP contribution in [-0.2, 0) is 16.1 Å². The van der Waals surface area contributed by atoms with Crippen molar-refractivity contribution in [1.29, 1.82) is 0 Å². The van der Waals surface area contributed by atoms with Gasteiger partial charge in [0.15, 0.2) is 0 Å². The lowest BCUT2D eigenvalue weighted by atomic mass is 9.95. The number of hydrogen-bond acceptors (Lipinski definition) is 5. The summed E-state index contributed by atoms with van der Waals surface area (Å²) < 4.78 is 5.59. The number of Topliss-reactive ketones (excluding diaryl/α,β-unsaturated/α-hetero) is 1. The molecule has 6 nitrogen and oxygen atoms in total. The highest BCUT2D eigenvalue weighted by Gasteiger charge is 2.46. The number of hydrogen-bond donors (Lipinski definition) is 1. The number of aromatic nitrogens is 1. The van der Waals surface area contributed by atoms with Crippen molar-refractivity contribution in [3.63, 3.8) is 0 Å². The largest absolute Gasteiger partial charge is 0.507 e. The van der Waals surface area contributed by atoms with E-state index >= 15 is 0 Å². The average Bonchev–Trinajstić information content (AvgIpc) is 3.08. The van der Waals surface area contributed by atoms with Gasteiger partial charge in [-0.3, -0.25) is 14.6 Å². The van der Waals surface area contributed by atoms with E-state index in [-0.39, 0.29) is 17.9 Å². The van der Waals surface area contributed by atoms with E-state index in [9.17, 15) is 14.7 Å². The van der Waals surface area contributed by atoms with Crippen molar-refractivity contribution in [3.8, 4) is 5.75 Å². The van der Waals surface area contributed by atoms with Gasteiger partial charge >= 0.3 is 0 Å². The van der Waals surface area contributed by atoms with E-state index in [1.165, 1.54) is 4.90 Å². The molecule has 0 unspecified atom stereocenters. The van der Waals surface area contributed by atoms with Crippen molar-refractivity contribution in [3.05, 3.63) is 100 Å². The molecule has 2 aromatic carbocycles. The molecule has 0 bridgehead atoms. The second-order valence-electron chi connectivity index (χ2n) is 7.71. The maximum Gasteiger partial charge on any atom is 0.295 e. The van der Waals surface area contributed by atoms with Gasteiger partial charge in [-0.1, -0.05) is 36.7 Å². The molecule has 1 N–H and O–H groups in total. The molecule has 0 radical (unpaired) electrons. The first kappa shape index (κ1) is 22.6. The normalized spacial score (nSPS) is 17.4. The topological polar surface area (TPSA) is 79.7 Å². The summed E-state index contributed by atoms with van der Waals surface area (Å²) in [6, 6.07) is 16.5. The maximum absolute atomic E-state index is 13.1. The number of aliphatic hydroxyl groups excluding tert-OH is 1. The summed E-state index contributed by atoms with van der Waals surface area (Å²) in [6.07, 6.45) is 4.17. The standard InChI is InChI=1S/C26H23ClN2O4/c1-2-14-33-21-11-7-19(8-12-21)24(30)22-23(18-5-9-20(27)10-6-18)29(26(32)25(22)31)16-17-4-3-13-28-15-17/h3-13,15,23,30H,2,14,16H2,1H3/t23-/m1/s1. The number of likely N-dealkylation sites (tertiary alicyclic amines) is 1. The van der Waals surface area contributed by atoms with Crippen LogP contribution in [0.5, 0.6) is 5.75 Å². The molecule has 2 heterocycles. The van der Waals surface area contributed by atoms with Gasteiger partial charge in [0.05, 0.1) is 18.2 Å². The number of ether oxygens (including phenoxy) is 1. The minimum absolute atomic E-state index is 0.0356. The number of nitrogens with zero attached hydrogens (tertiary/aromatic N) is 2. The van der Waals surface area contributed by atoms with Gasteiger partial charge in [-0.05, 0) is 60.0 Å². The van der Waals surface area contributed by atoms with Crippen LogP contribution in [0.1, 0.15) is 36.1 Å². The third-order valence-corrected chi connectivity index (χ3v) is 5.65. The number of aliphatic hydroxyl groups is 1. The molecular weight excluding hydrogens is 440 g/mol. The Morgan fingerprint density at radius 3 is 2.45 bits per heavy atom. The molecule has 4 rings (SSSR count). The van der Waals surface area contributed by atoms with Crippen molar-refractivity contribution in [2.24, 2.45) is 0 Å². The van der Waals surface area contributed by atoms with Gasteiger partial charge in [-0.15, -0.1) is 0 Å². The monoisotopic (exact) mass is 462 g/mol. The Balaban J connectivity index is 1.78. The predicted molar refractivity (Wildman–Crippen MR) is 126 cm³/mol. The van der Waals surface area contributed by atoms with Gasteiger partial charge in [-0.2, -0.15) is 0 Å². The fraction of sp³-hybridized carbons (Fsp3) is 0.192. The summed E-state index contributed by atoms with van der Waals surface area (Å²) >= 11 is 6.06. The van der Waals surface area contributed by atoms with Crippen LogP contribution in [-0.4, -0.2) is 33.3 Å². The molecule has 0 spiro atoms. The van der Waals surface area contributed by atoms with Crippen LogP contribution < -0.4 is 4.74 Å². The van der Waals surface area contributed by atoms with Gasteiger partial charge in [-0.25, -0.2) is 0 Å².